The van der Waals surface area contributed by atoms with Crippen molar-refractivity contribution in [3.8, 4) is 45.7 Å². The van der Waals surface area contributed by atoms with Crippen molar-refractivity contribution in [1.82, 2.24) is 4.57 Å². The quantitative estimate of drug-likeness (QED) is 0.104. The van der Waals surface area contributed by atoms with E-state index >= 15 is 0 Å². The van der Waals surface area contributed by atoms with Gasteiger partial charge in [0.25, 0.3) is 0 Å². The normalized spacial score (nSPS) is 12.9. The van der Waals surface area contributed by atoms with Crippen LogP contribution in [0.25, 0.3) is 60.9 Å². The Morgan fingerprint density at radius 3 is 1.66 bits per heavy atom. The molecule has 9 aromatic carbocycles. The SMILES string of the molecule is C#CC=CC=C(C)n1c2ccccc2c2cc(-c3ccc(N(c4ccc(-c5ccccc5)cc4)c4ccc5c(c4)C(c4ccccc4)(c4ccccc4)c4ccccc4-5)cc3)ccc21. The van der Waals surface area contributed by atoms with Crippen LogP contribution in [0.2, 0.25) is 0 Å². The molecular weight excluding hydrogens is 773 g/mol. The van der Waals surface area contributed by atoms with Crippen LogP contribution in [0.1, 0.15) is 29.2 Å². The third kappa shape index (κ3) is 6.37. The van der Waals surface area contributed by atoms with Crippen molar-refractivity contribution < 1.29 is 0 Å². The maximum absolute atomic E-state index is 5.51. The van der Waals surface area contributed by atoms with Gasteiger partial charge in [-0.2, -0.15) is 0 Å². The van der Waals surface area contributed by atoms with Gasteiger partial charge in [-0.05, 0) is 129 Å². The van der Waals surface area contributed by atoms with Crippen LogP contribution in [0.4, 0.5) is 17.1 Å². The summed E-state index contributed by atoms with van der Waals surface area (Å²) in [5.41, 5.74) is 18.5. The molecule has 0 N–H and O–H groups in total. The minimum absolute atomic E-state index is 0.508. The Labute approximate surface area is 375 Å². The van der Waals surface area contributed by atoms with Crippen molar-refractivity contribution in [3.63, 3.8) is 0 Å². The van der Waals surface area contributed by atoms with Gasteiger partial charge in [-0.15, -0.1) is 6.42 Å². The largest absolute Gasteiger partial charge is 0.313 e. The second-order valence-electron chi connectivity index (χ2n) is 16.5. The highest BCUT2D eigenvalue weighted by Gasteiger charge is 2.46. The fourth-order valence-corrected chi connectivity index (χ4v) is 10.1. The van der Waals surface area contributed by atoms with Crippen molar-refractivity contribution in [2.24, 2.45) is 0 Å². The molecule has 1 heterocycles. The van der Waals surface area contributed by atoms with Gasteiger partial charge in [0.15, 0.2) is 0 Å². The Kier molecular flexibility index (Phi) is 9.72. The van der Waals surface area contributed by atoms with Gasteiger partial charge in [0.2, 0.25) is 0 Å². The molecule has 2 heteroatoms. The molecular formula is C62H44N2. The number of aromatic nitrogens is 1. The van der Waals surface area contributed by atoms with Crippen molar-refractivity contribution in [2.75, 3.05) is 4.90 Å². The molecule has 0 saturated carbocycles. The van der Waals surface area contributed by atoms with Gasteiger partial charge in [0, 0.05) is 33.5 Å². The van der Waals surface area contributed by atoms with Gasteiger partial charge >= 0.3 is 0 Å². The highest BCUT2D eigenvalue weighted by molar-refractivity contribution is 6.11. The van der Waals surface area contributed by atoms with E-state index in [1.165, 1.54) is 66.4 Å². The number of allylic oxidation sites excluding steroid dienone is 4. The first kappa shape index (κ1) is 38.5. The summed E-state index contributed by atoms with van der Waals surface area (Å²) in [7, 11) is 0. The third-order valence-electron chi connectivity index (χ3n) is 12.9. The average Bonchev–Trinajstić information content (AvgIpc) is 3.86. The summed E-state index contributed by atoms with van der Waals surface area (Å²) in [5, 5.41) is 2.43. The average molecular weight is 817 g/mol. The summed E-state index contributed by atoms with van der Waals surface area (Å²) in [6, 6.07) is 82.1. The lowest BCUT2D eigenvalue weighted by atomic mass is 9.67. The van der Waals surface area contributed by atoms with Crippen LogP contribution in [0.15, 0.2) is 243 Å². The molecule has 302 valence electrons. The van der Waals surface area contributed by atoms with Gasteiger partial charge in [-0.25, -0.2) is 0 Å². The number of fused-ring (bicyclic) bond motifs is 6. The van der Waals surface area contributed by atoms with E-state index in [1.807, 2.05) is 6.08 Å². The van der Waals surface area contributed by atoms with Crippen LogP contribution in [0, 0.1) is 12.3 Å². The second-order valence-corrected chi connectivity index (χ2v) is 16.5. The summed E-state index contributed by atoms with van der Waals surface area (Å²) in [6.45, 7) is 2.13. The molecule has 0 saturated heterocycles. The zero-order chi connectivity index (χ0) is 43.0. The second kappa shape index (κ2) is 16.1. The summed E-state index contributed by atoms with van der Waals surface area (Å²) >= 11 is 0. The Morgan fingerprint density at radius 2 is 0.984 bits per heavy atom. The Hall–Kier alpha value is -8.38. The van der Waals surface area contributed by atoms with Gasteiger partial charge in [-0.1, -0.05) is 182 Å². The van der Waals surface area contributed by atoms with Crippen LogP contribution in [-0.4, -0.2) is 4.57 Å². The minimum atomic E-state index is -0.508. The molecule has 0 aliphatic heterocycles. The van der Waals surface area contributed by atoms with Crippen LogP contribution < -0.4 is 4.90 Å². The van der Waals surface area contributed by atoms with E-state index in [9.17, 15) is 0 Å². The molecule has 0 radical (unpaired) electrons. The zero-order valence-corrected chi connectivity index (χ0v) is 35.6. The van der Waals surface area contributed by atoms with E-state index in [4.69, 9.17) is 6.42 Å². The van der Waals surface area contributed by atoms with Gasteiger partial charge in [0.1, 0.15) is 0 Å². The van der Waals surface area contributed by atoms with Crippen molar-refractivity contribution in [1.29, 1.82) is 0 Å². The first-order valence-electron chi connectivity index (χ1n) is 21.9. The number of rotatable bonds is 9. The number of hydrogen-bond donors (Lipinski definition) is 0. The summed E-state index contributed by atoms with van der Waals surface area (Å²) in [5.74, 6) is 2.60. The molecule has 11 rings (SSSR count). The number of hydrogen-bond acceptors (Lipinski definition) is 1. The summed E-state index contributed by atoms with van der Waals surface area (Å²) in [4.78, 5) is 2.41. The molecule has 0 unspecified atom stereocenters. The molecule has 0 amide bonds. The van der Waals surface area contributed by atoms with E-state index in [1.54, 1.807) is 6.08 Å². The molecule has 1 aliphatic carbocycles. The van der Waals surface area contributed by atoms with Gasteiger partial charge in [0.05, 0.1) is 16.4 Å². The van der Waals surface area contributed by atoms with Crippen molar-refractivity contribution in [3.05, 3.63) is 265 Å². The highest BCUT2D eigenvalue weighted by atomic mass is 15.1. The fraction of sp³-hybridized carbons (Fsp3) is 0.0323. The van der Waals surface area contributed by atoms with E-state index in [-0.39, 0.29) is 0 Å². The lowest BCUT2D eigenvalue weighted by Gasteiger charge is -2.35. The van der Waals surface area contributed by atoms with E-state index < -0.39 is 5.41 Å². The Morgan fingerprint density at radius 1 is 0.469 bits per heavy atom. The predicted molar refractivity (Wildman–Crippen MR) is 270 cm³/mol. The molecule has 2 nitrogen and oxygen atoms in total. The van der Waals surface area contributed by atoms with E-state index in [0.717, 1.165) is 33.8 Å². The zero-order valence-electron chi connectivity index (χ0n) is 35.6. The number of anilines is 3. The Bertz CT molecular complexity index is 3380. The molecule has 1 aliphatic rings. The molecule has 0 atom stereocenters. The third-order valence-corrected chi connectivity index (χ3v) is 12.9. The van der Waals surface area contributed by atoms with E-state index in [2.05, 4.69) is 253 Å². The number of para-hydroxylation sites is 1. The number of terminal acetylenes is 1. The molecule has 0 fully saturated rings. The standard InChI is InChI=1S/C62H44N2/c1-3-4-8-19-44(2)63-60-29-18-16-27-56(60)57-42-48(34-41-61(57)63)47-32-37-52(38-33-47)64(51-35-30-46(31-36-51)45-20-9-5-10-21-45)53-39-40-55-54-26-15-17-28-58(54)62(59(55)43-53,49-22-11-6-12-23-49)50-24-13-7-14-25-50/h1,4-43H,2H3. The molecule has 64 heavy (non-hydrogen) atoms. The molecule has 0 bridgehead atoms. The lowest BCUT2D eigenvalue weighted by Crippen LogP contribution is -2.28. The summed E-state index contributed by atoms with van der Waals surface area (Å²) in [6.07, 6.45) is 11.2. The lowest BCUT2D eigenvalue weighted by molar-refractivity contribution is 0.768. The van der Waals surface area contributed by atoms with Crippen molar-refractivity contribution >= 4 is 44.6 Å². The van der Waals surface area contributed by atoms with Gasteiger partial charge in [-0.3, -0.25) is 0 Å². The predicted octanol–water partition coefficient (Wildman–Crippen LogP) is 16.0. The monoisotopic (exact) mass is 816 g/mol. The van der Waals surface area contributed by atoms with Crippen LogP contribution >= 0.6 is 0 Å². The smallest absolute Gasteiger partial charge is 0.0714 e. The molecule has 10 aromatic rings. The highest BCUT2D eigenvalue weighted by Crippen LogP contribution is 2.57. The maximum Gasteiger partial charge on any atom is 0.0714 e. The van der Waals surface area contributed by atoms with Crippen LogP contribution in [0.5, 0.6) is 0 Å². The van der Waals surface area contributed by atoms with E-state index in [0.29, 0.717) is 0 Å². The van der Waals surface area contributed by atoms with Gasteiger partial charge < -0.3 is 9.47 Å². The fourth-order valence-electron chi connectivity index (χ4n) is 10.1. The molecule has 0 spiro atoms. The first-order chi connectivity index (χ1) is 31.6. The first-order valence-corrected chi connectivity index (χ1v) is 21.9. The van der Waals surface area contributed by atoms with Crippen molar-refractivity contribution in [2.45, 2.75) is 12.3 Å². The Balaban J connectivity index is 1.06. The minimum Gasteiger partial charge on any atom is -0.313 e. The number of nitrogens with zero attached hydrogens (tertiary/aromatic N) is 2. The molecule has 1 aromatic heterocycles. The van der Waals surface area contributed by atoms with Crippen LogP contribution in [0.3, 0.4) is 0 Å². The summed E-state index contributed by atoms with van der Waals surface area (Å²) < 4.78 is 2.32. The number of benzene rings is 9. The maximum atomic E-state index is 5.51. The topological polar surface area (TPSA) is 8.17 Å². The van der Waals surface area contributed by atoms with Crippen LogP contribution in [-0.2, 0) is 5.41 Å².